The highest BCUT2D eigenvalue weighted by Crippen LogP contribution is 2.35. The topological polar surface area (TPSA) is 38.7 Å². The highest BCUT2D eigenvalue weighted by molar-refractivity contribution is 6.09. The minimum atomic E-state index is 0.0602. The van der Waals surface area contributed by atoms with E-state index in [1.165, 1.54) is 0 Å². The molecule has 0 N–H and O–H groups in total. The predicted octanol–water partition coefficient (Wildman–Crippen LogP) is 6.46. The molecule has 3 rings (SSSR count). The Hall–Kier alpha value is -3.20. The molecule has 0 saturated carbocycles. The first kappa shape index (κ1) is 18.6. The maximum Gasteiger partial charge on any atom is 0.168 e. The Morgan fingerprint density at radius 3 is 2.19 bits per heavy atom. The van der Waals surface area contributed by atoms with Crippen LogP contribution < -0.4 is 4.74 Å². The zero-order valence-corrected chi connectivity index (χ0v) is 15.9. The summed E-state index contributed by atoms with van der Waals surface area (Å²) in [4.78, 5) is 17.0. The number of hydrogen-bond acceptors (Lipinski definition) is 3. The van der Waals surface area contributed by atoms with Gasteiger partial charge in [-0.15, -0.1) is 0 Å². The van der Waals surface area contributed by atoms with Crippen LogP contribution in [0.4, 0.5) is 5.69 Å². The van der Waals surface area contributed by atoms with Crippen LogP contribution in [0.15, 0.2) is 77.8 Å². The lowest BCUT2D eigenvalue weighted by atomic mass is 10.1. The number of Topliss-reactive ketones (excluding diaryl/α,β-unsaturated/α-hetero) is 1. The van der Waals surface area contributed by atoms with Crippen molar-refractivity contribution in [3.05, 3.63) is 89.5 Å². The van der Waals surface area contributed by atoms with Crippen molar-refractivity contribution in [2.45, 2.75) is 27.2 Å². The Morgan fingerprint density at radius 1 is 0.852 bits per heavy atom. The lowest BCUT2D eigenvalue weighted by molar-refractivity contribution is 0.100. The fourth-order valence-corrected chi connectivity index (χ4v) is 2.91. The van der Waals surface area contributed by atoms with Crippen molar-refractivity contribution in [1.29, 1.82) is 0 Å². The molecule has 3 heteroatoms. The molecule has 0 aliphatic rings. The first-order valence-electron chi connectivity index (χ1n) is 9.00. The Labute approximate surface area is 160 Å². The van der Waals surface area contributed by atoms with Gasteiger partial charge in [0.05, 0.1) is 0 Å². The van der Waals surface area contributed by atoms with Crippen molar-refractivity contribution in [3.8, 4) is 11.5 Å². The van der Waals surface area contributed by atoms with Crippen LogP contribution in [0.3, 0.4) is 0 Å². The summed E-state index contributed by atoms with van der Waals surface area (Å²) >= 11 is 0. The summed E-state index contributed by atoms with van der Waals surface area (Å²) in [5.74, 6) is 1.59. The highest BCUT2D eigenvalue weighted by Gasteiger charge is 2.10. The number of ketones is 1. The van der Waals surface area contributed by atoms with Crippen molar-refractivity contribution in [1.82, 2.24) is 0 Å². The summed E-state index contributed by atoms with van der Waals surface area (Å²) < 4.78 is 6.17. The second-order valence-corrected chi connectivity index (χ2v) is 6.60. The average Bonchev–Trinajstić information content (AvgIpc) is 2.66. The minimum absolute atomic E-state index is 0.0602. The van der Waals surface area contributed by atoms with Gasteiger partial charge in [-0.25, -0.2) is 0 Å². The standard InChI is InChI=1S/C24H23NO2/c1-17-10-9-11-18(2)24(17)27-23-15-8-7-14-21(23)25-19(3)16-22(26)20-12-5-4-6-13-20/h4-15H,16H2,1-3H3. The van der Waals surface area contributed by atoms with Crippen molar-refractivity contribution in [2.75, 3.05) is 0 Å². The number of carbonyl (C=O) groups excluding carboxylic acids is 1. The lowest BCUT2D eigenvalue weighted by Gasteiger charge is -2.13. The number of para-hydroxylation sites is 3. The number of hydrogen-bond donors (Lipinski definition) is 0. The molecule has 0 amide bonds. The van der Waals surface area contributed by atoms with E-state index >= 15 is 0 Å². The van der Waals surface area contributed by atoms with Gasteiger partial charge in [0.1, 0.15) is 11.4 Å². The highest BCUT2D eigenvalue weighted by atomic mass is 16.5. The number of ether oxygens (including phenoxy) is 1. The molecule has 0 heterocycles. The minimum Gasteiger partial charge on any atom is -0.455 e. The lowest BCUT2D eigenvalue weighted by Crippen LogP contribution is -2.05. The number of carbonyl (C=O) groups is 1. The molecule has 0 spiro atoms. The van der Waals surface area contributed by atoms with E-state index in [1.54, 1.807) is 0 Å². The third kappa shape index (κ3) is 4.70. The molecule has 0 atom stereocenters. The summed E-state index contributed by atoms with van der Waals surface area (Å²) in [6, 6.07) is 23.0. The van der Waals surface area contributed by atoms with Gasteiger partial charge in [-0.05, 0) is 44.0 Å². The second-order valence-electron chi connectivity index (χ2n) is 6.60. The van der Waals surface area contributed by atoms with E-state index in [4.69, 9.17) is 4.74 Å². The smallest absolute Gasteiger partial charge is 0.168 e. The molecule has 0 radical (unpaired) electrons. The molecule has 0 saturated heterocycles. The number of nitrogens with zero attached hydrogens (tertiary/aromatic N) is 1. The molecular formula is C24H23NO2. The molecule has 0 unspecified atom stereocenters. The van der Waals surface area contributed by atoms with Crippen molar-refractivity contribution >= 4 is 17.2 Å². The first-order chi connectivity index (χ1) is 13.0. The van der Waals surface area contributed by atoms with E-state index in [1.807, 2.05) is 93.6 Å². The molecule has 0 aromatic heterocycles. The van der Waals surface area contributed by atoms with Crippen molar-refractivity contribution in [2.24, 2.45) is 4.99 Å². The molecule has 0 bridgehead atoms. The van der Waals surface area contributed by atoms with Gasteiger partial charge in [0.15, 0.2) is 11.5 Å². The number of aryl methyl sites for hydroxylation is 2. The van der Waals surface area contributed by atoms with E-state index in [9.17, 15) is 4.79 Å². The fourth-order valence-electron chi connectivity index (χ4n) is 2.91. The summed E-state index contributed by atoms with van der Waals surface area (Å²) in [6.07, 6.45) is 0.280. The molecule has 27 heavy (non-hydrogen) atoms. The molecular weight excluding hydrogens is 334 g/mol. The molecule has 0 fully saturated rings. The van der Waals surface area contributed by atoms with Crippen LogP contribution in [0.2, 0.25) is 0 Å². The monoisotopic (exact) mass is 357 g/mol. The molecule has 3 nitrogen and oxygen atoms in total. The largest absolute Gasteiger partial charge is 0.455 e. The van der Waals surface area contributed by atoms with Gasteiger partial charge in [-0.2, -0.15) is 0 Å². The molecule has 136 valence electrons. The van der Waals surface area contributed by atoms with E-state index in [2.05, 4.69) is 4.99 Å². The Bertz CT molecular complexity index is 954. The van der Waals surface area contributed by atoms with Crippen LogP contribution in [0.1, 0.15) is 34.8 Å². The van der Waals surface area contributed by atoms with Gasteiger partial charge >= 0.3 is 0 Å². The average molecular weight is 357 g/mol. The van der Waals surface area contributed by atoms with Crippen LogP contribution >= 0.6 is 0 Å². The summed E-state index contributed by atoms with van der Waals surface area (Å²) in [7, 11) is 0. The Morgan fingerprint density at radius 2 is 1.48 bits per heavy atom. The number of benzene rings is 3. The SMILES string of the molecule is CC(CC(=O)c1ccccc1)=Nc1ccccc1Oc1c(C)cccc1C. The zero-order chi connectivity index (χ0) is 19.2. The quantitative estimate of drug-likeness (QED) is 0.375. The van der Waals surface area contributed by atoms with Gasteiger partial charge in [-0.1, -0.05) is 60.7 Å². The zero-order valence-electron chi connectivity index (χ0n) is 15.9. The van der Waals surface area contributed by atoms with Crippen LogP contribution in [-0.2, 0) is 0 Å². The molecule has 3 aromatic rings. The number of aliphatic imine (C=N–C) groups is 1. The molecule has 0 aliphatic carbocycles. The van der Waals surface area contributed by atoms with Gasteiger partial charge in [-0.3, -0.25) is 9.79 Å². The van der Waals surface area contributed by atoms with Gasteiger partial charge in [0.25, 0.3) is 0 Å². The van der Waals surface area contributed by atoms with Gasteiger partial charge in [0, 0.05) is 17.7 Å². The normalized spacial score (nSPS) is 11.3. The van der Waals surface area contributed by atoms with Crippen LogP contribution in [0, 0.1) is 13.8 Å². The molecule has 3 aromatic carbocycles. The third-order valence-electron chi connectivity index (χ3n) is 4.31. The predicted molar refractivity (Wildman–Crippen MR) is 111 cm³/mol. The third-order valence-corrected chi connectivity index (χ3v) is 4.31. The number of rotatable bonds is 6. The van der Waals surface area contributed by atoms with Gasteiger partial charge < -0.3 is 4.74 Å². The van der Waals surface area contributed by atoms with Crippen LogP contribution in [0.5, 0.6) is 11.5 Å². The summed E-state index contributed by atoms with van der Waals surface area (Å²) in [5.41, 5.74) is 4.32. The summed E-state index contributed by atoms with van der Waals surface area (Å²) in [5, 5.41) is 0. The Balaban J connectivity index is 1.83. The van der Waals surface area contributed by atoms with E-state index < -0.39 is 0 Å². The van der Waals surface area contributed by atoms with E-state index in [0.29, 0.717) is 11.3 Å². The van der Waals surface area contributed by atoms with Crippen molar-refractivity contribution in [3.63, 3.8) is 0 Å². The van der Waals surface area contributed by atoms with Crippen LogP contribution in [0.25, 0.3) is 0 Å². The van der Waals surface area contributed by atoms with Crippen LogP contribution in [-0.4, -0.2) is 11.5 Å². The Kier molecular flexibility index (Phi) is 5.82. The fraction of sp³-hybridized carbons (Fsp3) is 0.167. The first-order valence-corrected chi connectivity index (χ1v) is 9.00. The van der Waals surface area contributed by atoms with Crippen molar-refractivity contribution < 1.29 is 9.53 Å². The maximum atomic E-state index is 12.4. The van der Waals surface area contributed by atoms with E-state index in [-0.39, 0.29) is 12.2 Å². The molecule has 0 aliphatic heterocycles. The second kappa shape index (κ2) is 8.45. The van der Waals surface area contributed by atoms with E-state index in [0.717, 1.165) is 28.3 Å². The van der Waals surface area contributed by atoms with Gasteiger partial charge in [0.2, 0.25) is 0 Å². The summed E-state index contributed by atoms with van der Waals surface area (Å²) in [6.45, 7) is 5.92. The maximum absolute atomic E-state index is 12.4.